The fourth-order valence-corrected chi connectivity index (χ4v) is 1.43. The molecule has 0 aliphatic carbocycles. The molecular weight excluding hydrogens is 178 g/mol. The molecule has 2 N–H and O–H groups in total. The maximum atomic E-state index is 5.55. The van der Waals surface area contributed by atoms with Gasteiger partial charge in [-0.1, -0.05) is 0 Å². The minimum atomic E-state index is 0.416. The first kappa shape index (κ1) is 9.02. The Kier molecular flexibility index (Phi) is 2.37. The number of aromatic nitrogens is 2. The zero-order chi connectivity index (χ0) is 9.97. The van der Waals surface area contributed by atoms with Gasteiger partial charge in [-0.25, -0.2) is 0 Å². The standard InChI is InChI=1S/C10H13N3O/c1-2-13-7-8(6-12-13)9-3-4-14-10(9)5-11/h3-4,6-7H,2,5,11H2,1H3. The Morgan fingerprint density at radius 2 is 2.43 bits per heavy atom. The van der Waals surface area contributed by atoms with E-state index in [1.54, 1.807) is 6.26 Å². The van der Waals surface area contributed by atoms with E-state index < -0.39 is 0 Å². The van der Waals surface area contributed by atoms with Gasteiger partial charge in [0.25, 0.3) is 0 Å². The summed E-state index contributed by atoms with van der Waals surface area (Å²) in [7, 11) is 0. The molecule has 0 atom stereocenters. The van der Waals surface area contributed by atoms with E-state index in [0.717, 1.165) is 23.4 Å². The second-order valence-corrected chi connectivity index (χ2v) is 3.05. The number of furan rings is 1. The molecule has 0 radical (unpaired) electrons. The first-order chi connectivity index (χ1) is 6.85. The molecule has 2 rings (SSSR count). The summed E-state index contributed by atoms with van der Waals surface area (Å²) in [5.74, 6) is 0.806. The normalized spacial score (nSPS) is 10.7. The first-order valence-electron chi connectivity index (χ1n) is 4.64. The molecule has 4 heteroatoms. The van der Waals surface area contributed by atoms with Crippen molar-refractivity contribution in [1.82, 2.24) is 9.78 Å². The Labute approximate surface area is 82.3 Å². The number of rotatable bonds is 3. The molecule has 0 saturated carbocycles. The van der Waals surface area contributed by atoms with E-state index >= 15 is 0 Å². The Morgan fingerprint density at radius 1 is 1.57 bits per heavy atom. The summed E-state index contributed by atoms with van der Waals surface area (Å²) >= 11 is 0. The van der Waals surface area contributed by atoms with Crippen molar-refractivity contribution >= 4 is 0 Å². The van der Waals surface area contributed by atoms with Crippen molar-refractivity contribution < 1.29 is 4.42 Å². The summed E-state index contributed by atoms with van der Waals surface area (Å²) in [5, 5.41) is 4.20. The fraction of sp³-hybridized carbons (Fsp3) is 0.300. The summed E-state index contributed by atoms with van der Waals surface area (Å²) in [4.78, 5) is 0. The number of nitrogens with zero attached hydrogens (tertiary/aromatic N) is 2. The van der Waals surface area contributed by atoms with E-state index in [1.165, 1.54) is 0 Å². The zero-order valence-corrected chi connectivity index (χ0v) is 8.10. The summed E-state index contributed by atoms with van der Waals surface area (Å²) in [5.41, 5.74) is 7.64. The zero-order valence-electron chi connectivity index (χ0n) is 8.10. The molecule has 2 aromatic heterocycles. The molecule has 0 spiro atoms. The third kappa shape index (κ3) is 1.44. The Bertz CT molecular complexity index is 416. The lowest BCUT2D eigenvalue weighted by atomic mass is 10.1. The second kappa shape index (κ2) is 3.67. The maximum Gasteiger partial charge on any atom is 0.125 e. The van der Waals surface area contributed by atoms with Crippen LogP contribution < -0.4 is 5.73 Å². The van der Waals surface area contributed by atoms with Crippen molar-refractivity contribution in [3.05, 3.63) is 30.5 Å². The highest BCUT2D eigenvalue weighted by molar-refractivity contribution is 5.63. The van der Waals surface area contributed by atoms with Crippen molar-refractivity contribution in [3.8, 4) is 11.1 Å². The minimum Gasteiger partial charge on any atom is -0.467 e. The van der Waals surface area contributed by atoms with Gasteiger partial charge >= 0.3 is 0 Å². The molecule has 2 aromatic rings. The van der Waals surface area contributed by atoms with Gasteiger partial charge in [0.2, 0.25) is 0 Å². The van der Waals surface area contributed by atoms with E-state index in [1.807, 2.05) is 23.1 Å². The van der Waals surface area contributed by atoms with Gasteiger partial charge in [0, 0.05) is 23.9 Å². The van der Waals surface area contributed by atoms with E-state index in [4.69, 9.17) is 10.2 Å². The summed E-state index contributed by atoms with van der Waals surface area (Å²) in [6, 6.07) is 1.92. The van der Waals surface area contributed by atoms with E-state index in [2.05, 4.69) is 12.0 Å². The fourth-order valence-electron chi connectivity index (χ4n) is 1.43. The van der Waals surface area contributed by atoms with Crippen LogP contribution in [-0.2, 0) is 13.1 Å². The van der Waals surface area contributed by atoms with Crippen LogP contribution in [0.4, 0.5) is 0 Å². The second-order valence-electron chi connectivity index (χ2n) is 3.05. The molecule has 74 valence electrons. The van der Waals surface area contributed by atoms with Gasteiger partial charge in [-0.2, -0.15) is 5.10 Å². The van der Waals surface area contributed by atoms with Crippen LogP contribution in [0, 0.1) is 0 Å². The van der Waals surface area contributed by atoms with Crippen LogP contribution in [-0.4, -0.2) is 9.78 Å². The molecule has 0 saturated heterocycles. The Morgan fingerprint density at radius 3 is 3.07 bits per heavy atom. The van der Waals surface area contributed by atoms with Crippen LogP contribution in [0.1, 0.15) is 12.7 Å². The minimum absolute atomic E-state index is 0.416. The van der Waals surface area contributed by atoms with Crippen molar-refractivity contribution in [2.45, 2.75) is 20.0 Å². The molecule has 0 bridgehead atoms. The third-order valence-electron chi connectivity index (χ3n) is 2.20. The van der Waals surface area contributed by atoms with Gasteiger partial charge in [-0.3, -0.25) is 4.68 Å². The third-order valence-corrected chi connectivity index (χ3v) is 2.20. The van der Waals surface area contributed by atoms with Gasteiger partial charge in [-0.05, 0) is 13.0 Å². The van der Waals surface area contributed by atoms with Crippen molar-refractivity contribution in [1.29, 1.82) is 0 Å². The number of aryl methyl sites for hydroxylation is 1. The lowest BCUT2D eigenvalue weighted by molar-refractivity contribution is 0.513. The first-order valence-corrected chi connectivity index (χ1v) is 4.64. The SMILES string of the molecule is CCn1cc(-c2ccoc2CN)cn1. The molecule has 0 aliphatic rings. The smallest absolute Gasteiger partial charge is 0.125 e. The number of hydrogen-bond donors (Lipinski definition) is 1. The molecule has 0 aliphatic heterocycles. The summed E-state index contributed by atoms with van der Waals surface area (Å²) in [6.07, 6.45) is 5.47. The average molecular weight is 191 g/mol. The molecular formula is C10H13N3O. The highest BCUT2D eigenvalue weighted by Gasteiger charge is 2.08. The average Bonchev–Trinajstić information content (AvgIpc) is 2.85. The molecule has 0 unspecified atom stereocenters. The quantitative estimate of drug-likeness (QED) is 0.802. The van der Waals surface area contributed by atoms with Crippen LogP contribution in [0.3, 0.4) is 0 Å². The van der Waals surface area contributed by atoms with E-state index in [0.29, 0.717) is 6.54 Å². The number of hydrogen-bond acceptors (Lipinski definition) is 3. The number of nitrogens with two attached hydrogens (primary N) is 1. The van der Waals surface area contributed by atoms with Gasteiger partial charge in [0.15, 0.2) is 0 Å². The highest BCUT2D eigenvalue weighted by Crippen LogP contribution is 2.23. The maximum absolute atomic E-state index is 5.55. The molecule has 0 aromatic carbocycles. The van der Waals surface area contributed by atoms with Crippen LogP contribution >= 0.6 is 0 Å². The van der Waals surface area contributed by atoms with E-state index in [9.17, 15) is 0 Å². The van der Waals surface area contributed by atoms with Gasteiger partial charge in [0.1, 0.15) is 5.76 Å². The van der Waals surface area contributed by atoms with Gasteiger partial charge in [-0.15, -0.1) is 0 Å². The summed E-state index contributed by atoms with van der Waals surface area (Å²) in [6.45, 7) is 3.34. The highest BCUT2D eigenvalue weighted by atomic mass is 16.3. The Hall–Kier alpha value is -1.55. The van der Waals surface area contributed by atoms with Gasteiger partial charge < -0.3 is 10.2 Å². The van der Waals surface area contributed by atoms with Crippen LogP contribution in [0.5, 0.6) is 0 Å². The van der Waals surface area contributed by atoms with Gasteiger partial charge in [0.05, 0.1) is 19.0 Å². The molecule has 0 amide bonds. The lowest BCUT2D eigenvalue weighted by Gasteiger charge is -1.95. The lowest BCUT2D eigenvalue weighted by Crippen LogP contribution is -1.95. The molecule has 14 heavy (non-hydrogen) atoms. The molecule has 0 fully saturated rings. The molecule has 4 nitrogen and oxygen atoms in total. The van der Waals surface area contributed by atoms with Crippen molar-refractivity contribution in [3.63, 3.8) is 0 Å². The topological polar surface area (TPSA) is 57.0 Å². The summed E-state index contributed by atoms with van der Waals surface area (Å²) < 4.78 is 7.13. The monoisotopic (exact) mass is 191 g/mol. The largest absolute Gasteiger partial charge is 0.467 e. The van der Waals surface area contributed by atoms with Crippen LogP contribution in [0.2, 0.25) is 0 Å². The predicted molar refractivity (Wildman–Crippen MR) is 53.5 cm³/mol. The Balaban J connectivity index is 2.38. The molecule has 2 heterocycles. The predicted octanol–water partition coefficient (Wildman–Crippen LogP) is 1.62. The van der Waals surface area contributed by atoms with Crippen LogP contribution in [0.15, 0.2) is 29.1 Å². The van der Waals surface area contributed by atoms with Crippen LogP contribution in [0.25, 0.3) is 11.1 Å². The van der Waals surface area contributed by atoms with Crippen molar-refractivity contribution in [2.75, 3.05) is 0 Å². The van der Waals surface area contributed by atoms with E-state index in [-0.39, 0.29) is 0 Å². The van der Waals surface area contributed by atoms with Crippen molar-refractivity contribution in [2.24, 2.45) is 5.73 Å².